The molecule has 1 N–H and O–H groups in total. The van der Waals surface area contributed by atoms with Gasteiger partial charge < -0.3 is 0 Å². The van der Waals surface area contributed by atoms with Crippen LogP contribution in [0.25, 0.3) is 0 Å². The normalized spacial score (nSPS) is 17.0. The average molecular weight is 350 g/mol. The Hall–Kier alpha value is -0.930. The minimum absolute atomic E-state index is 0.00196. The van der Waals surface area contributed by atoms with Crippen molar-refractivity contribution < 1.29 is 4.21 Å². The highest BCUT2D eigenvalue weighted by molar-refractivity contribution is 7.84. The van der Waals surface area contributed by atoms with E-state index in [2.05, 4.69) is 37.3 Å². The van der Waals surface area contributed by atoms with Crippen LogP contribution in [0.4, 0.5) is 0 Å². The summed E-state index contributed by atoms with van der Waals surface area (Å²) >= 11 is 0. The Bertz CT molecular complexity index is 520. The lowest BCUT2D eigenvalue weighted by Crippen LogP contribution is -2.41. The lowest BCUT2D eigenvalue weighted by Gasteiger charge is -2.37. The number of rotatable bonds is 10. The van der Waals surface area contributed by atoms with Gasteiger partial charge in [0.1, 0.15) is 0 Å². The van der Waals surface area contributed by atoms with Gasteiger partial charge in [0.15, 0.2) is 0 Å². The van der Waals surface area contributed by atoms with E-state index < -0.39 is 11.0 Å². The standard InChI is InChI=1S/C21H35NOS/c1-7-9-10-14-17-21(6,8-2)19(18-15-12-11-13-16-18)22-24(23)20(3,4)5/h8,11-13,15-16,19,22H,2,7,9-10,14,17H2,1,3-6H3/t19-,21+,24?/m0/s1. The van der Waals surface area contributed by atoms with E-state index in [1.807, 2.05) is 45.0 Å². The van der Waals surface area contributed by atoms with Gasteiger partial charge in [-0.25, -0.2) is 8.93 Å². The summed E-state index contributed by atoms with van der Waals surface area (Å²) in [4.78, 5) is 0. The van der Waals surface area contributed by atoms with E-state index in [-0.39, 0.29) is 16.2 Å². The Kier molecular flexibility index (Phi) is 8.38. The average Bonchev–Trinajstić information content (AvgIpc) is 2.56. The first kappa shape index (κ1) is 21.1. The van der Waals surface area contributed by atoms with Crippen LogP contribution in [-0.4, -0.2) is 8.96 Å². The largest absolute Gasteiger partial charge is 0.242 e. The molecule has 3 atom stereocenters. The molecule has 0 bridgehead atoms. The molecule has 1 rings (SSSR count). The van der Waals surface area contributed by atoms with Crippen LogP contribution in [0.15, 0.2) is 43.0 Å². The molecule has 0 saturated heterocycles. The number of hydrogen-bond donors (Lipinski definition) is 1. The zero-order valence-electron chi connectivity index (χ0n) is 16.1. The fourth-order valence-corrected chi connectivity index (χ4v) is 3.78. The molecular formula is C21H35NOS. The smallest absolute Gasteiger partial charge is 0.0976 e. The summed E-state index contributed by atoms with van der Waals surface area (Å²) < 4.78 is 15.9. The summed E-state index contributed by atoms with van der Waals surface area (Å²) in [5.41, 5.74) is 1.05. The fraction of sp³-hybridized carbons (Fsp3) is 0.619. The molecule has 2 nitrogen and oxygen atoms in total. The SMILES string of the molecule is C=C[C@](C)(CCCCCC)[C@@H](NS(=O)C(C)(C)C)c1ccccc1. The molecule has 136 valence electrons. The molecule has 0 spiro atoms. The predicted molar refractivity (Wildman–Crippen MR) is 107 cm³/mol. The molecule has 0 aromatic heterocycles. The number of unbranched alkanes of at least 4 members (excludes halogenated alkanes) is 3. The quantitative estimate of drug-likeness (QED) is 0.411. The van der Waals surface area contributed by atoms with E-state index in [4.69, 9.17) is 0 Å². The summed E-state index contributed by atoms with van der Waals surface area (Å²) in [6.07, 6.45) is 8.00. The van der Waals surface area contributed by atoms with Crippen LogP contribution in [0.2, 0.25) is 0 Å². The monoisotopic (exact) mass is 349 g/mol. The molecule has 0 heterocycles. The van der Waals surface area contributed by atoms with Crippen LogP contribution in [0.5, 0.6) is 0 Å². The highest BCUT2D eigenvalue weighted by Gasteiger charge is 2.35. The zero-order chi connectivity index (χ0) is 18.2. The minimum Gasteiger partial charge on any atom is -0.242 e. The van der Waals surface area contributed by atoms with E-state index in [1.165, 1.54) is 31.2 Å². The molecule has 0 aliphatic carbocycles. The second-order valence-electron chi connectivity index (χ2n) is 7.86. The summed E-state index contributed by atoms with van der Waals surface area (Å²) in [7, 11) is -1.12. The molecular weight excluding hydrogens is 314 g/mol. The van der Waals surface area contributed by atoms with E-state index in [1.54, 1.807) is 0 Å². The first-order valence-corrected chi connectivity index (χ1v) is 10.3. The maximum absolute atomic E-state index is 12.8. The molecule has 1 unspecified atom stereocenters. The highest BCUT2D eigenvalue weighted by Crippen LogP contribution is 2.40. The molecule has 0 aliphatic heterocycles. The lowest BCUT2D eigenvalue weighted by molar-refractivity contribution is 0.286. The zero-order valence-corrected chi connectivity index (χ0v) is 16.9. The van der Waals surface area contributed by atoms with Crippen molar-refractivity contribution >= 4 is 11.0 Å². The Morgan fingerprint density at radius 3 is 2.25 bits per heavy atom. The molecule has 24 heavy (non-hydrogen) atoms. The summed E-state index contributed by atoms with van der Waals surface area (Å²) in [5.74, 6) is 0. The fourth-order valence-electron chi connectivity index (χ4n) is 2.81. The first-order valence-electron chi connectivity index (χ1n) is 9.11. The van der Waals surface area contributed by atoms with Crippen molar-refractivity contribution in [2.24, 2.45) is 5.41 Å². The number of hydrogen-bond acceptors (Lipinski definition) is 1. The van der Waals surface area contributed by atoms with Gasteiger partial charge in [-0.3, -0.25) is 0 Å². The van der Waals surface area contributed by atoms with Gasteiger partial charge in [-0.15, -0.1) is 6.58 Å². The van der Waals surface area contributed by atoms with Crippen molar-refractivity contribution in [3.8, 4) is 0 Å². The molecule has 0 aliphatic rings. The molecule has 1 aromatic rings. The van der Waals surface area contributed by atoms with Gasteiger partial charge in [0.05, 0.1) is 21.8 Å². The van der Waals surface area contributed by atoms with Gasteiger partial charge in [-0.2, -0.15) is 0 Å². The third kappa shape index (κ3) is 6.18. The second kappa shape index (κ2) is 9.53. The Morgan fingerprint density at radius 2 is 1.75 bits per heavy atom. The van der Waals surface area contributed by atoms with E-state index >= 15 is 0 Å². The van der Waals surface area contributed by atoms with Gasteiger partial charge >= 0.3 is 0 Å². The van der Waals surface area contributed by atoms with Crippen LogP contribution in [0.1, 0.15) is 78.3 Å². The van der Waals surface area contributed by atoms with Crippen LogP contribution < -0.4 is 4.72 Å². The number of nitrogens with one attached hydrogen (secondary N) is 1. The van der Waals surface area contributed by atoms with Gasteiger partial charge in [-0.05, 0) is 32.8 Å². The predicted octanol–water partition coefficient (Wildman–Crippen LogP) is 5.94. The van der Waals surface area contributed by atoms with E-state index in [0.717, 1.165) is 6.42 Å². The van der Waals surface area contributed by atoms with Gasteiger partial charge in [0.2, 0.25) is 0 Å². The molecule has 0 fully saturated rings. The van der Waals surface area contributed by atoms with Crippen LogP contribution in [-0.2, 0) is 11.0 Å². The highest BCUT2D eigenvalue weighted by atomic mass is 32.2. The van der Waals surface area contributed by atoms with Gasteiger partial charge in [-0.1, -0.05) is 75.9 Å². The van der Waals surface area contributed by atoms with Crippen LogP contribution >= 0.6 is 0 Å². The van der Waals surface area contributed by atoms with Crippen molar-refractivity contribution in [2.45, 2.75) is 77.5 Å². The third-order valence-electron chi connectivity index (χ3n) is 4.61. The molecule has 1 aromatic carbocycles. The van der Waals surface area contributed by atoms with Gasteiger partial charge in [0, 0.05) is 5.41 Å². The number of benzene rings is 1. The van der Waals surface area contributed by atoms with Crippen molar-refractivity contribution in [1.29, 1.82) is 0 Å². The molecule has 3 heteroatoms. The molecule has 0 amide bonds. The Labute approximate surface area is 151 Å². The summed E-state index contributed by atoms with van der Waals surface area (Å²) in [6.45, 7) is 14.6. The van der Waals surface area contributed by atoms with Crippen LogP contribution in [0.3, 0.4) is 0 Å². The van der Waals surface area contributed by atoms with Crippen molar-refractivity contribution in [2.75, 3.05) is 0 Å². The summed E-state index contributed by atoms with van der Waals surface area (Å²) in [5, 5.41) is 0. The lowest BCUT2D eigenvalue weighted by atomic mass is 9.75. The Morgan fingerprint density at radius 1 is 1.12 bits per heavy atom. The first-order chi connectivity index (χ1) is 11.2. The maximum Gasteiger partial charge on any atom is 0.0976 e. The van der Waals surface area contributed by atoms with Crippen molar-refractivity contribution in [3.63, 3.8) is 0 Å². The minimum atomic E-state index is -1.12. The maximum atomic E-state index is 12.8. The van der Waals surface area contributed by atoms with E-state index in [9.17, 15) is 4.21 Å². The van der Waals surface area contributed by atoms with Crippen molar-refractivity contribution in [1.82, 2.24) is 4.72 Å². The van der Waals surface area contributed by atoms with E-state index in [0.29, 0.717) is 0 Å². The molecule has 0 radical (unpaired) electrons. The molecule has 0 saturated carbocycles. The third-order valence-corrected chi connectivity index (χ3v) is 6.17. The summed E-state index contributed by atoms with van der Waals surface area (Å²) in [6, 6.07) is 10.3. The Balaban J connectivity index is 3.05. The topological polar surface area (TPSA) is 29.1 Å². The van der Waals surface area contributed by atoms with Crippen molar-refractivity contribution in [3.05, 3.63) is 48.6 Å². The van der Waals surface area contributed by atoms with Gasteiger partial charge in [0.25, 0.3) is 0 Å². The van der Waals surface area contributed by atoms with Crippen LogP contribution in [0, 0.1) is 5.41 Å². The second-order valence-corrected chi connectivity index (χ2v) is 9.86.